The molecule has 5 nitrogen and oxygen atoms in total. The molecular formula is C62H31N5S3. The first-order valence-electron chi connectivity index (χ1n) is 35.8. The zero-order valence-electron chi connectivity index (χ0n) is 64.5. The molecule has 0 saturated carbocycles. The van der Waals surface area contributed by atoms with Crippen molar-refractivity contribution in [2.75, 3.05) is 0 Å². The maximum absolute atomic E-state index is 12.8. The Bertz CT molecular complexity index is 6940. The fourth-order valence-corrected chi connectivity index (χ4v) is 13.2. The summed E-state index contributed by atoms with van der Waals surface area (Å²) in [6.45, 7) is 0. The molecule has 10 aromatic carbocycles. The Morgan fingerprint density at radius 1 is 0.343 bits per heavy atom. The number of fused-ring (bicyclic) bond motifs is 21. The van der Waals surface area contributed by atoms with E-state index in [0.29, 0.717) is 34.0 Å². The molecule has 0 spiro atoms. The normalized spacial score (nSPS) is 18.3. The maximum atomic E-state index is 12.8. The molecule has 70 heavy (non-hydrogen) atoms. The van der Waals surface area contributed by atoms with E-state index in [1.54, 1.807) is 0 Å². The van der Waals surface area contributed by atoms with Gasteiger partial charge in [0.05, 0.1) is 111 Å². The van der Waals surface area contributed by atoms with Gasteiger partial charge in [-0.2, -0.15) is 10.5 Å². The van der Waals surface area contributed by atoms with Crippen LogP contribution in [0.15, 0.2) is 187 Å². The lowest BCUT2D eigenvalue weighted by Gasteiger charge is -2.23. The summed E-state index contributed by atoms with van der Waals surface area (Å²) in [6, 6.07) is -18.7. The summed E-state index contributed by atoms with van der Waals surface area (Å²) in [5.41, 5.74) is -6.98. The topological polar surface area (TPSA) is 62.4 Å². The first kappa shape index (κ1) is 19.7. The van der Waals surface area contributed by atoms with Gasteiger partial charge in [-0.05, 0) is 42.3 Å². The van der Waals surface area contributed by atoms with Crippen LogP contribution in [0.3, 0.4) is 0 Å². The molecule has 0 atom stereocenters. The number of para-hydroxylation sites is 3. The summed E-state index contributed by atoms with van der Waals surface area (Å²) in [7, 11) is 0. The Hall–Kier alpha value is -8.76. The molecule has 0 bridgehead atoms. The minimum absolute atomic E-state index is 0.179. The van der Waals surface area contributed by atoms with Crippen LogP contribution >= 0.6 is 34.0 Å². The molecule has 0 amide bonds. The molecule has 16 rings (SSSR count). The second-order valence-electron chi connectivity index (χ2n) is 15.9. The third-order valence-electron chi connectivity index (χ3n) is 12.6. The molecule has 322 valence electrons. The van der Waals surface area contributed by atoms with Crippen LogP contribution in [0.1, 0.15) is 52.2 Å². The smallest absolute Gasteiger partial charge is 0.104 e. The summed E-state index contributed by atoms with van der Waals surface area (Å²) in [4.78, 5) is 0. The Labute approximate surface area is 452 Å². The van der Waals surface area contributed by atoms with Gasteiger partial charge in [0.2, 0.25) is 0 Å². The van der Waals surface area contributed by atoms with Crippen LogP contribution in [0, 0.1) is 22.7 Å². The van der Waals surface area contributed by atoms with Crippen molar-refractivity contribution in [1.29, 1.82) is 10.5 Å². The predicted molar refractivity (Wildman–Crippen MR) is 298 cm³/mol. The summed E-state index contributed by atoms with van der Waals surface area (Å²) < 4.78 is 282. The van der Waals surface area contributed by atoms with Crippen molar-refractivity contribution in [3.8, 4) is 29.2 Å². The zero-order valence-corrected chi connectivity index (χ0v) is 37.0. The monoisotopic (exact) mass is 971 g/mol. The quantitative estimate of drug-likeness (QED) is 0.177. The van der Waals surface area contributed by atoms with E-state index in [0.717, 1.165) is 19.8 Å². The number of aromatic nitrogens is 3. The van der Waals surface area contributed by atoms with Crippen molar-refractivity contribution >= 4 is 160 Å². The van der Waals surface area contributed by atoms with Crippen molar-refractivity contribution in [2.45, 2.75) is 0 Å². The molecule has 0 unspecified atom stereocenters. The van der Waals surface area contributed by atoms with E-state index in [9.17, 15) is 37.9 Å². The Morgan fingerprint density at radius 3 is 1.10 bits per heavy atom. The minimum Gasteiger partial charge on any atom is -0.306 e. The van der Waals surface area contributed by atoms with E-state index >= 15 is 0 Å². The predicted octanol–water partition coefficient (Wildman–Crippen LogP) is 17.8. The number of hydrogen-bond donors (Lipinski definition) is 0. The van der Waals surface area contributed by atoms with Gasteiger partial charge in [0.1, 0.15) is 17.7 Å². The lowest BCUT2D eigenvalue weighted by Crippen LogP contribution is -2.12. The number of nitriles is 2. The van der Waals surface area contributed by atoms with Crippen LogP contribution in [-0.2, 0) is 0 Å². The van der Waals surface area contributed by atoms with Gasteiger partial charge in [0.25, 0.3) is 0 Å². The Balaban J connectivity index is 1.29. The minimum atomic E-state index is -0.989. The molecule has 0 aliphatic heterocycles. The van der Waals surface area contributed by atoms with Gasteiger partial charge < -0.3 is 13.7 Å². The van der Waals surface area contributed by atoms with Crippen LogP contribution in [0.5, 0.6) is 0 Å². The van der Waals surface area contributed by atoms with Crippen molar-refractivity contribution in [3.05, 3.63) is 198 Å². The van der Waals surface area contributed by atoms with Gasteiger partial charge >= 0.3 is 0 Å². The van der Waals surface area contributed by atoms with E-state index in [1.807, 2.05) is 0 Å². The molecule has 0 radical (unpaired) electrons. The molecule has 0 fully saturated rings. The highest BCUT2D eigenvalue weighted by atomic mass is 32.1. The summed E-state index contributed by atoms with van der Waals surface area (Å²) in [5, 5.41) is 20.3. The fraction of sp³-hybridized carbons (Fsp3) is 0. The van der Waals surface area contributed by atoms with Crippen LogP contribution in [-0.4, -0.2) is 13.7 Å². The van der Waals surface area contributed by atoms with E-state index in [1.165, 1.54) is 0 Å². The average Bonchev–Trinajstić information content (AvgIpc) is 1.55. The van der Waals surface area contributed by atoms with E-state index in [2.05, 4.69) is 12.1 Å². The second-order valence-corrected chi connectivity index (χ2v) is 18.9. The highest BCUT2D eigenvalue weighted by Crippen LogP contribution is 2.50. The van der Waals surface area contributed by atoms with Gasteiger partial charge in [-0.25, -0.2) is 0 Å². The largest absolute Gasteiger partial charge is 0.306 e. The molecule has 0 aliphatic rings. The molecule has 0 aliphatic carbocycles. The SMILES string of the molecule is [2H]c1c([2H])c([2H])c2c(sc3c2c([2H])c([2H])c2c4c([2H])c([2H])c([2H])c([2H])c4n(-c4cc(C#N)c(-n5c6c([2H])c([2H])c([2H])c([2H])c6c6c([2H])c([2H])c7c(sc8c([2H])c([2H])c([2H])c([2H])c87)c65)c(-n5c6c([2H])c([2H])c([2H])c([2H])c6c6c([2H])c([2H])c7c(sc8c([2H])c([2H])c([2H])c([2H])c87)c65)c4C#N)c32)c1[2H]. The molecule has 0 N–H and O–H groups in total. The Morgan fingerprint density at radius 2 is 0.686 bits per heavy atom. The maximum Gasteiger partial charge on any atom is 0.104 e. The number of hydrogen-bond acceptors (Lipinski definition) is 5. The summed E-state index contributed by atoms with van der Waals surface area (Å²) >= 11 is 1.86. The average molecular weight is 972 g/mol. The van der Waals surface area contributed by atoms with Crippen LogP contribution in [0.25, 0.3) is 143 Å². The first-order chi connectivity index (χ1) is 47.2. The molecule has 8 heteroatoms. The van der Waals surface area contributed by atoms with Crippen LogP contribution in [0.4, 0.5) is 0 Å². The highest BCUT2D eigenvalue weighted by molar-refractivity contribution is 7.27. The van der Waals surface area contributed by atoms with E-state index < -0.39 is 269 Å². The molecule has 0 saturated heterocycles. The van der Waals surface area contributed by atoms with Gasteiger partial charge in [-0.15, -0.1) is 34.0 Å². The number of thiophene rings is 3. The summed E-state index contributed by atoms with van der Waals surface area (Å²) in [5.74, 6) is 0. The molecular weight excluding hydrogens is 911 g/mol. The van der Waals surface area contributed by atoms with Gasteiger partial charge in [-0.3, -0.25) is 0 Å². The van der Waals surface area contributed by atoms with Crippen molar-refractivity contribution < 1.29 is 41.1 Å². The van der Waals surface area contributed by atoms with Gasteiger partial charge in [0, 0.05) is 78.7 Å². The lowest BCUT2D eigenvalue weighted by atomic mass is 10.0. The van der Waals surface area contributed by atoms with Crippen molar-refractivity contribution in [3.63, 3.8) is 0 Å². The number of rotatable bonds is 3. The third kappa shape index (κ3) is 4.82. The summed E-state index contributed by atoms with van der Waals surface area (Å²) in [6.07, 6.45) is 0. The van der Waals surface area contributed by atoms with Crippen LogP contribution in [0.2, 0.25) is 0 Å². The van der Waals surface area contributed by atoms with Gasteiger partial charge in [0.15, 0.2) is 0 Å². The van der Waals surface area contributed by atoms with E-state index in [4.69, 9.17) is 13.7 Å². The van der Waals surface area contributed by atoms with Crippen molar-refractivity contribution in [1.82, 2.24) is 13.7 Å². The van der Waals surface area contributed by atoms with Crippen molar-refractivity contribution in [2.24, 2.45) is 0 Å². The lowest BCUT2D eigenvalue weighted by molar-refractivity contribution is 1.06. The standard InChI is InChI=1S/C62H31N5S3/c63-32-34-31-51(65-48-19-7-1-13-35(48)41-25-28-44-38-16-4-10-22-52(38)68-60(44)57(41)65)47(33-64)56(67-50-21-9-3-15-37(50)43-27-30-46-40-18-6-12-24-54(40)70-62(46)59(43)67)55(34)66-49-20-8-2-14-36(49)42-26-29-45-39-17-5-11-23-53(39)69-61(45)58(42)66/h1-31H/i1D,2D,3D,4D,5D,6D,7D,8D,9D,10D,11D,12D,13D,14D,15D,16D,17D,18D,19D,20D,21D,22D,23D,24D,25D,26D,27D,28D,29D,30D. The zero-order chi connectivity index (χ0) is 72.0. The van der Waals surface area contributed by atoms with Gasteiger partial charge in [-0.1, -0.05) is 145 Å². The molecule has 6 heterocycles. The van der Waals surface area contributed by atoms with E-state index in [-0.39, 0.29) is 66.0 Å². The number of nitrogens with zero attached hydrogens (tertiary/aromatic N) is 5. The fourth-order valence-electron chi connectivity index (χ4n) is 9.84. The second kappa shape index (κ2) is 13.9. The third-order valence-corrected chi connectivity index (χ3v) is 15.9. The highest BCUT2D eigenvalue weighted by Gasteiger charge is 2.31. The molecule has 6 aromatic heterocycles. The first-order valence-corrected chi connectivity index (χ1v) is 23.2. The number of benzene rings is 10. The van der Waals surface area contributed by atoms with Crippen LogP contribution < -0.4 is 0 Å². The Kier molecular flexibility index (Phi) is 3.92. The molecule has 16 aromatic rings.